The van der Waals surface area contributed by atoms with Gasteiger partial charge in [0.1, 0.15) is 17.3 Å². The van der Waals surface area contributed by atoms with Gasteiger partial charge in [-0.2, -0.15) is 0 Å². The number of aliphatic hydroxyl groups is 1. The van der Waals surface area contributed by atoms with Gasteiger partial charge in [-0.05, 0) is 55.6 Å². The number of ether oxygens (including phenoxy) is 1. The Labute approximate surface area is 174 Å². The van der Waals surface area contributed by atoms with Crippen LogP contribution >= 0.6 is 0 Å². The molecule has 1 unspecified atom stereocenters. The molecule has 0 aliphatic carbocycles. The molecular weight excluding hydrogens is 387 g/mol. The molecule has 2 aliphatic heterocycles. The lowest BCUT2D eigenvalue weighted by Crippen LogP contribution is -2.35. The zero-order valence-electron chi connectivity index (χ0n) is 16.9. The largest absolute Gasteiger partial charge is 0.507 e. The van der Waals surface area contributed by atoms with Crippen molar-refractivity contribution in [2.24, 2.45) is 0 Å². The number of ketones is 1. The predicted molar refractivity (Wildman–Crippen MR) is 110 cm³/mol. The minimum atomic E-state index is -0.782. The van der Waals surface area contributed by atoms with E-state index in [1.54, 1.807) is 30.3 Å². The highest BCUT2D eigenvalue weighted by atomic mass is 19.1. The van der Waals surface area contributed by atoms with E-state index in [9.17, 15) is 19.1 Å². The number of fused-ring (bicyclic) bond motifs is 1. The molecule has 1 fully saturated rings. The number of benzene rings is 2. The standard InChI is InChI=1S/C23H23FN2O4/c1-25(2)10-11-26-20(14-3-6-17(24)7-4-14)19(22(28)23(26)29)21(27)16-5-8-18-15(13-16)9-12-30-18/h3-8,13,20,27H,9-12H2,1-2H3/b21-19-. The molecule has 2 aromatic carbocycles. The third-order valence-electron chi connectivity index (χ3n) is 5.48. The molecule has 30 heavy (non-hydrogen) atoms. The minimum Gasteiger partial charge on any atom is -0.507 e. The maximum Gasteiger partial charge on any atom is 0.295 e. The fourth-order valence-electron chi connectivity index (χ4n) is 3.90. The van der Waals surface area contributed by atoms with Gasteiger partial charge in [0.15, 0.2) is 0 Å². The van der Waals surface area contributed by atoms with E-state index in [2.05, 4.69) is 0 Å². The number of carbonyl (C=O) groups is 2. The SMILES string of the molecule is CN(C)CCN1C(=O)C(=O)/C(=C(\O)c2ccc3c(c2)CCO3)C1c1ccc(F)cc1. The van der Waals surface area contributed by atoms with Gasteiger partial charge in [-0.1, -0.05) is 12.1 Å². The lowest BCUT2D eigenvalue weighted by molar-refractivity contribution is -0.140. The Morgan fingerprint density at radius 2 is 1.93 bits per heavy atom. The maximum atomic E-state index is 13.5. The van der Waals surface area contributed by atoms with Crippen molar-refractivity contribution < 1.29 is 23.8 Å². The summed E-state index contributed by atoms with van der Waals surface area (Å²) >= 11 is 0. The van der Waals surface area contributed by atoms with Gasteiger partial charge in [0.25, 0.3) is 11.7 Å². The van der Waals surface area contributed by atoms with Gasteiger partial charge in [-0.3, -0.25) is 9.59 Å². The molecule has 0 radical (unpaired) electrons. The van der Waals surface area contributed by atoms with Crippen LogP contribution < -0.4 is 4.74 Å². The molecule has 1 saturated heterocycles. The van der Waals surface area contributed by atoms with E-state index in [-0.39, 0.29) is 11.3 Å². The first-order chi connectivity index (χ1) is 14.4. The van der Waals surface area contributed by atoms with E-state index in [4.69, 9.17) is 4.74 Å². The summed E-state index contributed by atoms with van der Waals surface area (Å²) in [6.45, 7) is 1.42. The van der Waals surface area contributed by atoms with Crippen LogP contribution in [0.2, 0.25) is 0 Å². The van der Waals surface area contributed by atoms with Gasteiger partial charge in [-0.15, -0.1) is 0 Å². The number of amides is 1. The lowest BCUT2D eigenvalue weighted by Gasteiger charge is -2.26. The second-order valence-corrected chi connectivity index (χ2v) is 7.77. The molecule has 1 amide bonds. The van der Waals surface area contributed by atoms with Crippen LogP contribution in [-0.2, 0) is 16.0 Å². The normalized spacial score (nSPS) is 20.0. The van der Waals surface area contributed by atoms with E-state index < -0.39 is 23.5 Å². The monoisotopic (exact) mass is 410 g/mol. The number of carbonyl (C=O) groups excluding carboxylic acids is 2. The number of Topliss-reactive ketones (excluding diaryl/α,β-unsaturated/α-hetero) is 1. The topological polar surface area (TPSA) is 70.1 Å². The summed E-state index contributed by atoms with van der Waals surface area (Å²) in [6.07, 6.45) is 0.717. The Hall–Kier alpha value is -3.19. The van der Waals surface area contributed by atoms with Gasteiger partial charge in [0.05, 0.1) is 18.2 Å². The number of aliphatic hydroxyl groups excluding tert-OH is 1. The zero-order valence-corrected chi connectivity index (χ0v) is 16.9. The number of nitrogens with zero attached hydrogens (tertiary/aromatic N) is 2. The minimum absolute atomic E-state index is 0.0178. The highest BCUT2D eigenvalue weighted by Crippen LogP contribution is 2.40. The van der Waals surface area contributed by atoms with Gasteiger partial charge in [0.2, 0.25) is 0 Å². The van der Waals surface area contributed by atoms with Crippen molar-refractivity contribution in [2.45, 2.75) is 12.5 Å². The third-order valence-corrected chi connectivity index (χ3v) is 5.48. The zero-order chi connectivity index (χ0) is 21.4. The van der Waals surface area contributed by atoms with Crippen molar-refractivity contribution in [2.75, 3.05) is 33.8 Å². The Balaban J connectivity index is 1.82. The summed E-state index contributed by atoms with van der Waals surface area (Å²) in [4.78, 5) is 29.1. The molecule has 6 nitrogen and oxygen atoms in total. The highest BCUT2D eigenvalue weighted by Gasteiger charge is 2.45. The Bertz CT molecular complexity index is 1030. The van der Waals surface area contributed by atoms with Crippen LogP contribution in [0, 0.1) is 5.82 Å². The summed E-state index contributed by atoms with van der Waals surface area (Å²) < 4.78 is 19.0. The third kappa shape index (κ3) is 3.57. The number of hydrogen-bond donors (Lipinski definition) is 1. The first-order valence-corrected chi connectivity index (χ1v) is 9.81. The number of likely N-dealkylation sites (N-methyl/N-ethyl adjacent to an activating group) is 1. The van der Waals surface area contributed by atoms with E-state index in [1.165, 1.54) is 17.0 Å². The lowest BCUT2D eigenvalue weighted by atomic mass is 9.94. The molecule has 0 spiro atoms. The fraction of sp³-hybridized carbons (Fsp3) is 0.304. The van der Waals surface area contributed by atoms with Crippen LogP contribution in [0.3, 0.4) is 0 Å². The number of rotatable bonds is 5. The first-order valence-electron chi connectivity index (χ1n) is 9.81. The number of likely N-dealkylation sites (tertiary alicyclic amines) is 1. The van der Waals surface area contributed by atoms with Gasteiger partial charge in [0, 0.05) is 25.1 Å². The Kier molecular flexibility index (Phi) is 5.30. The van der Waals surface area contributed by atoms with Crippen molar-refractivity contribution >= 4 is 17.4 Å². The van der Waals surface area contributed by atoms with E-state index in [1.807, 2.05) is 19.0 Å². The van der Waals surface area contributed by atoms with Crippen LogP contribution in [0.5, 0.6) is 5.75 Å². The Morgan fingerprint density at radius 3 is 2.63 bits per heavy atom. The van der Waals surface area contributed by atoms with Gasteiger partial charge < -0.3 is 19.6 Å². The summed E-state index contributed by atoms with van der Waals surface area (Å²) in [5.74, 6) is -1.30. The molecule has 1 atom stereocenters. The maximum absolute atomic E-state index is 13.5. The summed E-state index contributed by atoms with van der Waals surface area (Å²) in [7, 11) is 3.74. The smallest absolute Gasteiger partial charge is 0.295 e. The van der Waals surface area contributed by atoms with Crippen molar-refractivity contribution in [1.82, 2.24) is 9.80 Å². The summed E-state index contributed by atoms with van der Waals surface area (Å²) in [6, 6.07) is 10.1. The quantitative estimate of drug-likeness (QED) is 0.466. The summed E-state index contributed by atoms with van der Waals surface area (Å²) in [5, 5.41) is 11.1. The molecule has 0 bridgehead atoms. The molecule has 2 aliphatic rings. The average Bonchev–Trinajstić information content (AvgIpc) is 3.29. The first kappa shape index (κ1) is 20.1. The van der Waals surface area contributed by atoms with Crippen LogP contribution in [0.15, 0.2) is 48.0 Å². The Morgan fingerprint density at radius 1 is 1.20 bits per heavy atom. The van der Waals surface area contributed by atoms with Crippen LogP contribution in [0.4, 0.5) is 4.39 Å². The van der Waals surface area contributed by atoms with Crippen molar-refractivity contribution in [1.29, 1.82) is 0 Å². The van der Waals surface area contributed by atoms with E-state index in [0.717, 1.165) is 17.7 Å². The molecule has 2 aromatic rings. The molecule has 4 rings (SSSR count). The highest BCUT2D eigenvalue weighted by molar-refractivity contribution is 6.46. The molecular formula is C23H23FN2O4. The van der Waals surface area contributed by atoms with Crippen LogP contribution in [-0.4, -0.2) is 60.4 Å². The van der Waals surface area contributed by atoms with Crippen molar-refractivity contribution in [3.05, 3.63) is 70.5 Å². The van der Waals surface area contributed by atoms with Crippen LogP contribution in [0.25, 0.3) is 5.76 Å². The molecule has 0 saturated carbocycles. The average molecular weight is 410 g/mol. The van der Waals surface area contributed by atoms with Gasteiger partial charge >= 0.3 is 0 Å². The number of hydrogen-bond acceptors (Lipinski definition) is 5. The number of halogens is 1. The molecule has 7 heteroatoms. The van der Waals surface area contributed by atoms with E-state index >= 15 is 0 Å². The van der Waals surface area contributed by atoms with E-state index in [0.29, 0.717) is 30.8 Å². The summed E-state index contributed by atoms with van der Waals surface area (Å²) in [5.41, 5.74) is 1.99. The second-order valence-electron chi connectivity index (χ2n) is 7.77. The van der Waals surface area contributed by atoms with Gasteiger partial charge in [-0.25, -0.2) is 4.39 Å². The molecule has 0 aromatic heterocycles. The van der Waals surface area contributed by atoms with Crippen molar-refractivity contribution in [3.63, 3.8) is 0 Å². The predicted octanol–water partition coefficient (Wildman–Crippen LogP) is 2.74. The molecule has 156 valence electrons. The second kappa shape index (κ2) is 7.91. The van der Waals surface area contributed by atoms with Crippen molar-refractivity contribution in [3.8, 4) is 5.75 Å². The fourth-order valence-corrected chi connectivity index (χ4v) is 3.90. The molecule has 1 N–H and O–H groups in total. The molecule has 2 heterocycles. The van der Waals surface area contributed by atoms with Crippen LogP contribution in [0.1, 0.15) is 22.7 Å².